The molecule has 1 aromatic rings. The third kappa shape index (κ3) is 4.27. The molecule has 0 heterocycles. The molecule has 5 N–H and O–H groups in total. The third-order valence-corrected chi connectivity index (χ3v) is 2.63. The maximum Gasteiger partial charge on any atom is 0.305 e. The van der Waals surface area contributed by atoms with E-state index in [1.165, 1.54) is 19.2 Å². The fourth-order valence-corrected chi connectivity index (χ4v) is 1.66. The van der Waals surface area contributed by atoms with Gasteiger partial charge in [-0.25, -0.2) is 0 Å². The fraction of sp³-hybridized carbons (Fsp3) is 0.308. The predicted octanol–water partition coefficient (Wildman–Crippen LogP) is 0.650. The second-order valence-electron chi connectivity index (χ2n) is 4.11. The molecule has 7 nitrogen and oxygen atoms in total. The summed E-state index contributed by atoms with van der Waals surface area (Å²) in [5.74, 6) is -1.42. The standard InChI is InChI=1S/C13H17N3O4/c1-20-11(18)7-3-6-10(17)16-9-5-2-4-8(14)12(9)13(15)19/h2,4-5H,3,6-7,14H2,1H3,(H2,15,19)(H,16,17). The van der Waals surface area contributed by atoms with Crippen molar-refractivity contribution in [2.45, 2.75) is 19.3 Å². The van der Waals surface area contributed by atoms with Gasteiger partial charge in [-0.3, -0.25) is 14.4 Å². The van der Waals surface area contributed by atoms with E-state index in [0.29, 0.717) is 6.42 Å². The van der Waals surface area contributed by atoms with Crippen molar-refractivity contribution < 1.29 is 19.1 Å². The molecule has 0 aliphatic rings. The lowest BCUT2D eigenvalue weighted by molar-refractivity contribution is -0.140. The Kier molecular flexibility index (Phi) is 5.52. The van der Waals surface area contributed by atoms with Crippen LogP contribution in [0.5, 0.6) is 0 Å². The van der Waals surface area contributed by atoms with Gasteiger partial charge in [-0.15, -0.1) is 0 Å². The van der Waals surface area contributed by atoms with Gasteiger partial charge in [0.15, 0.2) is 0 Å². The molecule has 7 heteroatoms. The molecule has 2 amide bonds. The summed E-state index contributed by atoms with van der Waals surface area (Å²) in [6, 6.07) is 4.66. The van der Waals surface area contributed by atoms with Crippen LogP contribution >= 0.6 is 0 Å². The summed E-state index contributed by atoms with van der Waals surface area (Å²) in [6.07, 6.45) is 0.637. The normalized spacial score (nSPS) is 9.85. The lowest BCUT2D eigenvalue weighted by Crippen LogP contribution is -2.19. The van der Waals surface area contributed by atoms with Gasteiger partial charge in [0.2, 0.25) is 5.91 Å². The van der Waals surface area contributed by atoms with Gasteiger partial charge >= 0.3 is 5.97 Å². The van der Waals surface area contributed by atoms with Crippen molar-refractivity contribution in [3.05, 3.63) is 23.8 Å². The molecule has 1 aromatic carbocycles. The number of hydrogen-bond acceptors (Lipinski definition) is 5. The molecule has 0 atom stereocenters. The van der Waals surface area contributed by atoms with Crippen molar-refractivity contribution in [1.29, 1.82) is 0 Å². The Labute approximate surface area is 116 Å². The van der Waals surface area contributed by atoms with Gasteiger partial charge in [0.25, 0.3) is 5.91 Å². The van der Waals surface area contributed by atoms with Crippen LogP contribution in [0.2, 0.25) is 0 Å². The number of carbonyl (C=O) groups is 3. The Balaban J connectivity index is 2.65. The average molecular weight is 279 g/mol. The molecule has 0 unspecified atom stereocenters. The first kappa shape index (κ1) is 15.5. The van der Waals surface area contributed by atoms with Crippen LogP contribution in [0, 0.1) is 0 Å². The topological polar surface area (TPSA) is 125 Å². The van der Waals surface area contributed by atoms with E-state index in [4.69, 9.17) is 11.5 Å². The SMILES string of the molecule is COC(=O)CCCC(=O)Nc1cccc(N)c1C(N)=O. The van der Waals surface area contributed by atoms with Crippen LogP contribution in [-0.4, -0.2) is 24.9 Å². The van der Waals surface area contributed by atoms with Gasteiger partial charge in [0.05, 0.1) is 18.4 Å². The molecule has 0 aliphatic carbocycles. The Morgan fingerprint density at radius 2 is 1.95 bits per heavy atom. The number of hydrogen-bond donors (Lipinski definition) is 3. The van der Waals surface area contributed by atoms with Gasteiger partial charge in [-0.05, 0) is 18.6 Å². The van der Waals surface area contributed by atoms with Crippen molar-refractivity contribution in [3.8, 4) is 0 Å². The van der Waals surface area contributed by atoms with E-state index in [9.17, 15) is 14.4 Å². The number of ether oxygens (including phenoxy) is 1. The summed E-state index contributed by atoms with van der Waals surface area (Å²) in [5.41, 5.74) is 11.4. The Morgan fingerprint density at radius 1 is 1.25 bits per heavy atom. The van der Waals surface area contributed by atoms with Crippen LogP contribution in [0.15, 0.2) is 18.2 Å². The minimum atomic E-state index is -0.715. The number of nitrogens with two attached hydrogens (primary N) is 2. The zero-order valence-electron chi connectivity index (χ0n) is 11.1. The van der Waals surface area contributed by atoms with E-state index in [1.807, 2.05) is 0 Å². The molecule has 20 heavy (non-hydrogen) atoms. The van der Waals surface area contributed by atoms with Gasteiger partial charge in [0.1, 0.15) is 0 Å². The number of carbonyl (C=O) groups excluding carboxylic acids is 3. The molecule has 1 rings (SSSR count). The number of rotatable bonds is 6. The summed E-state index contributed by atoms with van der Waals surface area (Å²) in [7, 11) is 1.29. The number of anilines is 2. The second kappa shape index (κ2) is 7.13. The van der Waals surface area contributed by atoms with E-state index in [2.05, 4.69) is 10.1 Å². The van der Waals surface area contributed by atoms with E-state index >= 15 is 0 Å². The number of amides is 2. The molecule has 0 fully saturated rings. The molecule has 0 bridgehead atoms. The van der Waals surface area contributed by atoms with Crippen LogP contribution in [0.4, 0.5) is 11.4 Å². The lowest BCUT2D eigenvalue weighted by atomic mass is 10.1. The summed E-state index contributed by atoms with van der Waals surface area (Å²) in [4.78, 5) is 33.9. The molecule has 0 saturated carbocycles. The highest BCUT2D eigenvalue weighted by molar-refractivity contribution is 6.06. The highest BCUT2D eigenvalue weighted by Gasteiger charge is 2.14. The summed E-state index contributed by atoms with van der Waals surface area (Å²) >= 11 is 0. The third-order valence-electron chi connectivity index (χ3n) is 2.63. The lowest BCUT2D eigenvalue weighted by Gasteiger charge is -2.10. The predicted molar refractivity (Wildman–Crippen MR) is 73.9 cm³/mol. The Morgan fingerprint density at radius 3 is 2.55 bits per heavy atom. The van der Waals surface area contributed by atoms with E-state index in [1.54, 1.807) is 6.07 Å². The number of methoxy groups -OCH3 is 1. The van der Waals surface area contributed by atoms with Crippen LogP contribution in [0.1, 0.15) is 29.6 Å². The first-order valence-corrected chi connectivity index (χ1v) is 6.00. The molecular weight excluding hydrogens is 262 g/mol. The van der Waals surface area contributed by atoms with E-state index < -0.39 is 5.91 Å². The largest absolute Gasteiger partial charge is 0.469 e. The Hall–Kier alpha value is -2.57. The number of nitrogens with one attached hydrogen (secondary N) is 1. The molecule has 0 aromatic heterocycles. The molecule has 108 valence electrons. The van der Waals surface area contributed by atoms with Gasteiger partial charge in [0, 0.05) is 18.5 Å². The molecule has 0 radical (unpaired) electrons. The fourth-order valence-electron chi connectivity index (χ4n) is 1.66. The zero-order valence-corrected chi connectivity index (χ0v) is 11.1. The average Bonchev–Trinajstić information content (AvgIpc) is 2.38. The van der Waals surface area contributed by atoms with Crippen LogP contribution in [-0.2, 0) is 14.3 Å². The van der Waals surface area contributed by atoms with Crippen molar-refractivity contribution in [2.75, 3.05) is 18.2 Å². The minimum Gasteiger partial charge on any atom is -0.469 e. The summed E-state index contributed by atoms with van der Waals surface area (Å²) in [5, 5.41) is 2.55. The molecule has 0 spiro atoms. The van der Waals surface area contributed by atoms with Crippen LogP contribution < -0.4 is 16.8 Å². The highest BCUT2D eigenvalue weighted by Crippen LogP contribution is 2.21. The van der Waals surface area contributed by atoms with E-state index in [-0.39, 0.29) is 41.7 Å². The van der Waals surface area contributed by atoms with Crippen molar-refractivity contribution in [1.82, 2.24) is 0 Å². The number of nitrogen functional groups attached to an aromatic ring is 1. The zero-order chi connectivity index (χ0) is 15.1. The smallest absolute Gasteiger partial charge is 0.305 e. The number of esters is 1. The molecule has 0 saturated heterocycles. The second-order valence-corrected chi connectivity index (χ2v) is 4.11. The van der Waals surface area contributed by atoms with E-state index in [0.717, 1.165) is 0 Å². The van der Waals surface area contributed by atoms with Gasteiger partial charge in [-0.2, -0.15) is 0 Å². The first-order valence-electron chi connectivity index (χ1n) is 6.00. The first-order chi connectivity index (χ1) is 9.45. The van der Waals surface area contributed by atoms with Crippen LogP contribution in [0.25, 0.3) is 0 Å². The quantitative estimate of drug-likeness (QED) is 0.521. The van der Waals surface area contributed by atoms with Crippen molar-refractivity contribution in [2.24, 2.45) is 5.73 Å². The molecule has 0 aliphatic heterocycles. The number of benzene rings is 1. The number of primary amides is 1. The highest BCUT2D eigenvalue weighted by atomic mass is 16.5. The van der Waals surface area contributed by atoms with Crippen molar-refractivity contribution >= 4 is 29.2 Å². The summed E-state index contributed by atoms with van der Waals surface area (Å²) < 4.78 is 4.47. The summed E-state index contributed by atoms with van der Waals surface area (Å²) in [6.45, 7) is 0. The maximum absolute atomic E-state index is 11.7. The van der Waals surface area contributed by atoms with Gasteiger partial charge < -0.3 is 21.5 Å². The van der Waals surface area contributed by atoms with Crippen molar-refractivity contribution in [3.63, 3.8) is 0 Å². The molecular formula is C13H17N3O4. The monoisotopic (exact) mass is 279 g/mol. The maximum atomic E-state index is 11.7. The Bertz CT molecular complexity index is 528. The van der Waals surface area contributed by atoms with Gasteiger partial charge in [-0.1, -0.05) is 6.07 Å². The van der Waals surface area contributed by atoms with Crippen LogP contribution in [0.3, 0.4) is 0 Å². The minimum absolute atomic E-state index is 0.0776.